The van der Waals surface area contributed by atoms with Gasteiger partial charge in [-0.05, 0) is 68.7 Å². The van der Waals surface area contributed by atoms with E-state index in [0.717, 1.165) is 37.5 Å². The number of benzene rings is 2. The van der Waals surface area contributed by atoms with E-state index in [4.69, 9.17) is 23.1 Å². The van der Waals surface area contributed by atoms with Crippen LogP contribution in [0, 0.1) is 5.92 Å². The molecule has 4 rings (SSSR count). The lowest BCUT2D eigenvalue weighted by molar-refractivity contribution is -0.144. The molecule has 0 radical (unpaired) electrons. The highest BCUT2D eigenvalue weighted by Crippen LogP contribution is 2.39. The normalized spacial score (nSPS) is 17.5. The molecule has 0 spiro atoms. The maximum atomic E-state index is 13.5. The fraction of sp³-hybridized carbons (Fsp3) is 0.417. The third kappa shape index (κ3) is 4.96. The molecule has 11 heteroatoms. The summed E-state index contributed by atoms with van der Waals surface area (Å²) in [4.78, 5) is 19.4. The average molecular weight is 510 g/mol. The number of para-hydroxylation sites is 2. The molecule has 35 heavy (non-hydrogen) atoms. The van der Waals surface area contributed by atoms with Gasteiger partial charge < -0.3 is 26.0 Å². The Morgan fingerprint density at radius 1 is 1.23 bits per heavy atom. The number of nitrogen functional groups attached to an aromatic ring is 1. The van der Waals surface area contributed by atoms with Crippen LogP contribution < -0.4 is 11.5 Å². The maximum absolute atomic E-state index is 13.5. The van der Waals surface area contributed by atoms with Gasteiger partial charge in [-0.25, -0.2) is 9.78 Å². The minimum atomic E-state index is -4.76. The first-order valence-electron chi connectivity index (χ1n) is 11.2. The van der Waals surface area contributed by atoms with Crippen molar-refractivity contribution in [2.45, 2.75) is 37.5 Å². The van der Waals surface area contributed by atoms with Crippen LogP contribution in [0.25, 0.3) is 11.0 Å². The zero-order valence-electron chi connectivity index (χ0n) is 19.1. The largest absolute Gasteiger partial charge is 0.480 e. The number of carbonyl (C=O) groups is 1. The zero-order valence-corrected chi connectivity index (χ0v) is 19.9. The second-order valence-corrected chi connectivity index (χ2v) is 9.68. The minimum absolute atomic E-state index is 0.000628. The molecule has 1 unspecified atom stereocenters. The van der Waals surface area contributed by atoms with Crippen LogP contribution in [-0.4, -0.2) is 45.7 Å². The van der Waals surface area contributed by atoms with Gasteiger partial charge >= 0.3 is 12.1 Å². The predicted octanol–water partition coefficient (Wildman–Crippen LogP) is 4.11. The molecule has 2 aromatic carbocycles. The monoisotopic (exact) mass is 509 g/mol. The average Bonchev–Trinajstić information content (AvgIpc) is 3.15. The van der Waals surface area contributed by atoms with E-state index in [1.807, 2.05) is 16.7 Å². The van der Waals surface area contributed by atoms with Crippen LogP contribution in [-0.2, 0) is 29.5 Å². The van der Waals surface area contributed by atoms with Crippen LogP contribution in [0.5, 0.6) is 0 Å². The fourth-order valence-corrected chi connectivity index (χ4v) is 4.93. The number of aliphatic carboxylic acids is 1. The summed E-state index contributed by atoms with van der Waals surface area (Å²) in [7, 11) is 2.05. The van der Waals surface area contributed by atoms with Gasteiger partial charge in [0, 0.05) is 13.0 Å². The highest BCUT2D eigenvalue weighted by atomic mass is 35.5. The van der Waals surface area contributed by atoms with Gasteiger partial charge in [-0.3, -0.25) is 0 Å². The second kappa shape index (κ2) is 9.33. The second-order valence-electron chi connectivity index (χ2n) is 9.27. The van der Waals surface area contributed by atoms with Crippen molar-refractivity contribution >= 4 is 34.3 Å². The summed E-state index contributed by atoms with van der Waals surface area (Å²) in [5.74, 6) is -1.03. The highest BCUT2D eigenvalue weighted by Gasteiger charge is 2.43. The lowest BCUT2D eigenvalue weighted by Crippen LogP contribution is -2.49. The van der Waals surface area contributed by atoms with Crippen LogP contribution >= 0.6 is 11.6 Å². The molecule has 1 aliphatic heterocycles. The first-order chi connectivity index (χ1) is 16.4. The van der Waals surface area contributed by atoms with Crippen molar-refractivity contribution in [2.75, 3.05) is 25.9 Å². The number of likely N-dealkylation sites (tertiary alicyclic amines) is 1. The molecule has 1 fully saturated rings. The molecule has 1 atom stereocenters. The summed E-state index contributed by atoms with van der Waals surface area (Å²) < 4.78 is 42.3. The molecule has 1 saturated heterocycles. The number of fused-ring (bicyclic) bond motifs is 1. The van der Waals surface area contributed by atoms with E-state index in [0.29, 0.717) is 12.1 Å². The standard InChI is InChI=1S/C24H27ClF3N5O2/c1-32-8-6-14(7-9-32)13-33-19-5-3-2-4-18(19)31-21(33)23(30,22(34)35)12-15-10-16(24(26,27)28)20(29)17(25)11-15/h2-5,10-11,14H,6-9,12-13,29-30H2,1H3,(H,34,35). The topological polar surface area (TPSA) is 110 Å². The Kier molecular flexibility index (Phi) is 6.74. The summed E-state index contributed by atoms with van der Waals surface area (Å²) in [6.07, 6.45) is -3.36. The number of alkyl halides is 3. The number of nitrogens with two attached hydrogens (primary N) is 2. The van der Waals surface area contributed by atoms with Gasteiger partial charge in [0.25, 0.3) is 0 Å². The Morgan fingerprint density at radius 2 is 1.89 bits per heavy atom. The highest BCUT2D eigenvalue weighted by molar-refractivity contribution is 6.33. The van der Waals surface area contributed by atoms with Crippen molar-refractivity contribution in [1.82, 2.24) is 14.5 Å². The predicted molar refractivity (Wildman–Crippen MR) is 128 cm³/mol. The Balaban J connectivity index is 1.80. The Morgan fingerprint density at radius 3 is 2.51 bits per heavy atom. The number of halogens is 4. The van der Waals surface area contributed by atoms with Crippen molar-refractivity contribution < 1.29 is 23.1 Å². The summed E-state index contributed by atoms with van der Waals surface area (Å²) >= 11 is 5.98. The molecule has 7 nitrogen and oxygen atoms in total. The molecule has 0 saturated carbocycles. The van der Waals surface area contributed by atoms with Gasteiger partial charge in [-0.1, -0.05) is 23.7 Å². The van der Waals surface area contributed by atoms with Crippen LogP contribution in [0.3, 0.4) is 0 Å². The Bertz CT molecular complexity index is 1250. The first kappa shape index (κ1) is 25.3. The molecule has 0 aliphatic carbocycles. The summed E-state index contributed by atoms with van der Waals surface area (Å²) in [6.45, 7) is 2.35. The van der Waals surface area contributed by atoms with Crippen molar-refractivity contribution in [3.63, 3.8) is 0 Å². The van der Waals surface area contributed by atoms with Crippen molar-refractivity contribution in [3.05, 3.63) is 58.4 Å². The van der Waals surface area contributed by atoms with Crippen molar-refractivity contribution in [1.29, 1.82) is 0 Å². The van der Waals surface area contributed by atoms with E-state index in [-0.39, 0.29) is 22.3 Å². The van der Waals surface area contributed by atoms with Crippen LogP contribution in [0.15, 0.2) is 36.4 Å². The molecular formula is C24H27ClF3N5O2. The fourth-order valence-electron chi connectivity index (χ4n) is 4.69. The van der Waals surface area contributed by atoms with Crippen LogP contribution in [0.1, 0.15) is 29.8 Å². The third-order valence-electron chi connectivity index (χ3n) is 6.69. The SMILES string of the molecule is CN1CCC(Cn2c(C(N)(Cc3cc(Cl)c(N)c(C(F)(F)F)c3)C(=O)O)nc3ccccc32)CC1. The van der Waals surface area contributed by atoms with E-state index in [9.17, 15) is 23.1 Å². The van der Waals surface area contributed by atoms with Crippen LogP contribution in [0.2, 0.25) is 5.02 Å². The molecular weight excluding hydrogens is 483 g/mol. The third-order valence-corrected chi connectivity index (χ3v) is 7.00. The van der Waals surface area contributed by atoms with Gasteiger partial charge in [0.15, 0.2) is 5.54 Å². The van der Waals surface area contributed by atoms with Gasteiger partial charge in [0.2, 0.25) is 0 Å². The van der Waals surface area contributed by atoms with Gasteiger partial charge in [-0.2, -0.15) is 13.2 Å². The minimum Gasteiger partial charge on any atom is -0.480 e. The molecule has 2 heterocycles. The molecule has 0 amide bonds. The lowest BCUT2D eigenvalue weighted by atomic mass is 9.89. The number of hydrogen-bond donors (Lipinski definition) is 3. The molecule has 0 bridgehead atoms. The number of carboxylic acids is 1. The van der Waals surface area contributed by atoms with E-state index in [2.05, 4.69) is 16.9 Å². The Labute approximate surface area is 205 Å². The van der Waals surface area contributed by atoms with E-state index >= 15 is 0 Å². The number of carboxylic acid groups (broad SMARTS) is 1. The Hall–Kier alpha value is -2.82. The number of piperidine rings is 1. The number of hydrogen-bond acceptors (Lipinski definition) is 5. The molecule has 3 aromatic rings. The first-order valence-corrected chi connectivity index (χ1v) is 11.6. The quantitative estimate of drug-likeness (QED) is 0.431. The smallest absolute Gasteiger partial charge is 0.418 e. The number of imidazole rings is 1. The number of aromatic nitrogens is 2. The number of rotatable bonds is 6. The zero-order chi connectivity index (χ0) is 25.5. The van der Waals surface area contributed by atoms with E-state index in [1.54, 1.807) is 12.1 Å². The van der Waals surface area contributed by atoms with Crippen molar-refractivity contribution in [3.8, 4) is 0 Å². The van der Waals surface area contributed by atoms with Gasteiger partial charge in [0.05, 0.1) is 27.3 Å². The number of anilines is 1. The van der Waals surface area contributed by atoms with E-state index in [1.165, 1.54) is 6.07 Å². The molecule has 188 valence electrons. The maximum Gasteiger partial charge on any atom is 0.418 e. The van der Waals surface area contributed by atoms with Crippen molar-refractivity contribution in [2.24, 2.45) is 11.7 Å². The van der Waals surface area contributed by atoms with Gasteiger partial charge in [0.1, 0.15) is 5.82 Å². The molecule has 1 aromatic heterocycles. The summed E-state index contributed by atoms with van der Waals surface area (Å²) in [5, 5.41) is 9.91. The summed E-state index contributed by atoms with van der Waals surface area (Å²) in [5.41, 5.74) is 9.47. The van der Waals surface area contributed by atoms with E-state index < -0.39 is 35.4 Å². The molecule has 1 aliphatic rings. The number of nitrogens with zero attached hydrogens (tertiary/aromatic N) is 3. The molecule has 5 N–H and O–H groups in total. The van der Waals surface area contributed by atoms with Crippen LogP contribution in [0.4, 0.5) is 18.9 Å². The summed E-state index contributed by atoms with van der Waals surface area (Å²) in [6, 6.07) is 9.23. The van der Waals surface area contributed by atoms with Gasteiger partial charge in [-0.15, -0.1) is 0 Å². The lowest BCUT2D eigenvalue weighted by Gasteiger charge is -2.31.